The number of H-pyrrole nitrogens is 1. The number of aliphatic carboxylic acids is 1. The van der Waals surface area contributed by atoms with Crippen molar-refractivity contribution in [1.82, 2.24) is 35.7 Å². The number of halogens is 2. The van der Waals surface area contributed by atoms with Crippen LogP contribution in [0.15, 0.2) is 82.3 Å². The number of carboxylic acids is 1. The molecule has 0 radical (unpaired) electrons. The van der Waals surface area contributed by atoms with Gasteiger partial charge in [-0.1, -0.05) is 36.4 Å². The predicted molar refractivity (Wildman–Crippen MR) is 193 cm³/mol. The van der Waals surface area contributed by atoms with Gasteiger partial charge < -0.3 is 46.9 Å². The maximum Gasteiger partial charge on any atom is 0.331 e. The van der Waals surface area contributed by atoms with Gasteiger partial charge in [-0.2, -0.15) is 0 Å². The second-order valence-corrected chi connectivity index (χ2v) is 13.0. The first-order chi connectivity index (χ1) is 26.5. The van der Waals surface area contributed by atoms with Crippen LogP contribution >= 0.6 is 0 Å². The van der Waals surface area contributed by atoms with Gasteiger partial charge in [0.05, 0.1) is 12.1 Å². The number of aromatic amines is 1. The molecule has 0 spiro atoms. The molecular formula is C36H42F2N8O10. The van der Waals surface area contributed by atoms with Crippen molar-refractivity contribution in [3.8, 4) is 0 Å². The maximum atomic E-state index is 14.3. The van der Waals surface area contributed by atoms with Gasteiger partial charge in [0.1, 0.15) is 41.6 Å². The van der Waals surface area contributed by atoms with Crippen LogP contribution in [0.1, 0.15) is 37.6 Å². The van der Waals surface area contributed by atoms with Gasteiger partial charge in [0.2, 0.25) is 23.9 Å². The van der Waals surface area contributed by atoms with E-state index in [1.165, 1.54) is 57.3 Å². The van der Waals surface area contributed by atoms with E-state index >= 15 is 0 Å². The number of aliphatic hydroxyl groups is 1. The Morgan fingerprint density at radius 1 is 0.964 bits per heavy atom. The van der Waals surface area contributed by atoms with E-state index in [-0.39, 0.29) is 29.7 Å². The third-order valence-corrected chi connectivity index (χ3v) is 8.97. The molecule has 7 atom stereocenters. The minimum absolute atomic E-state index is 0.00176. The van der Waals surface area contributed by atoms with E-state index in [4.69, 9.17) is 10.5 Å². The summed E-state index contributed by atoms with van der Waals surface area (Å²) in [6.07, 6.45) is -1.14. The molecule has 56 heavy (non-hydrogen) atoms. The number of carbonyl (C=O) groups is 5. The monoisotopic (exact) mass is 784 g/mol. The number of benzene rings is 2. The number of nitrogens with one attached hydrogen (secondary N) is 5. The lowest BCUT2D eigenvalue weighted by atomic mass is 10.0. The molecule has 5 amide bonds. The van der Waals surface area contributed by atoms with E-state index in [0.29, 0.717) is 0 Å². The van der Waals surface area contributed by atoms with Crippen LogP contribution in [0, 0.1) is 11.6 Å². The van der Waals surface area contributed by atoms with Crippen molar-refractivity contribution < 1.29 is 47.7 Å². The number of hydrogen-bond acceptors (Lipinski definition) is 10. The average Bonchev–Trinajstić information content (AvgIpc) is 3.52. The zero-order valence-corrected chi connectivity index (χ0v) is 30.4. The fraction of sp³-hybridized carbons (Fsp3) is 0.361. The van der Waals surface area contributed by atoms with E-state index < -0.39 is 102 Å². The molecule has 1 aliphatic rings. The summed E-state index contributed by atoms with van der Waals surface area (Å²) in [6.45, 7) is 2.64. The number of carbonyl (C=O) groups excluding carboxylic acids is 4. The van der Waals surface area contributed by atoms with E-state index in [1.54, 1.807) is 6.07 Å². The molecule has 2 aromatic carbocycles. The van der Waals surface area contributed by atoms with Crippen LogP contribution in [-0.4, -0.2) is 97.7 Å². The zero-order valence-electron chi connectivity index (χ0n) is 30.4. The molecule has 0 aliphatic carbocycles. The fourth-order valence-corrected chi connectivity index (χ4v) is 5.70. The van der Waals surface area contributed by atoms with Crippen LogP contribution in [0.3, 0.4) is 0 Å². The predicted octanol–water partition coefficient (Wildman–Crippen LogP) is -0.662. The fourth-order valence-electron chi connectivity index (χ4n) is 5.70. The standard InChI is InChI=1S/C36H42F2N8O10/c1-18(41-35(54)42-26(34(52)53)15-21-9-5-7-11-24(21)38)30(49)44-29(19(2)45(3)32(51)25(39)14-20-8-4-6-10-23(20)37)31(50)40-17-22-16-27(47)33(56-22)46-13-12-28(48)43-36(46)55/h4-13,17-19,25-27,29,33,47H,14-16,39H2,1-3H3,(H,40,50)(H,44,49)(H,52,53)(H2,41,42,54)(H,43,48,55)/b22-17-/t18-,19-,25-,26-,27+,29-,33+/m0/s1. The Bertz CT molecular complexity index is 2090. The van der Waals surface area contributed by atoms with Crippen molar-refractivity contribution in [2.75, 3.05) is 7.05 Å². The number of nitrogens with zero attached hydrogens (tertiary/aromatic N) is 2. The first-order valence-electron chi connectivity index (χ1n) is 17.2. The molecule has 1 saturated heterocycles. The Morgan fingerprint density at radius 2 is 1.57 bits per heavy atom. The molecule has 3 aromatic rings. The molecular weight excluding hydrogens is 742 g/mol. The summed E-state index contributed by atoms with van der Waals surface area (Å²) in [5.41, 5.74) is 4.80. The molecule has 18 nitrogen and oxygen atoms in total. The topological polar surface area (TPSA) is 267 Å². The highest BCUT2D eigenvalue weighted by Crippen LogP contribution is 2.29. The van der Waals surface area contributed by atoms with Crippen molar-refractivity contribution in [1.29, 1.82) is 0 Å². The molecule has 2 heterocycles. The van der Waals surface area contributed by atoms with Crippen LogP contribution < -0.4 is 38.2 Å². The van der Waals surface area contributed by atoms with Crippen LogP contribution in [0.5, 0.6) is 0 Å². The summed E-state index contributed by atoms with van der Waals surface area (Å²) >= 11 is 0. The molecule has 1 fully saturated rings. The molecule has 1 aliphatic heterocycles. The highest BCUT2D eigenvalue weighted by Gasteiger charge is 2.36. The Morgan fingerprint density at radius 3 is 2.16 bits per heavy atom. The van der Waals surface area contributed by atoms with E-state index in [0.717, 1.165) is 34.0 Å². The first-order valence-corrected chi connectivity index (χ1v) is 17.2. The lowest BCUT2D eigenvalue weighted by Crippen LogP contribution is -2.61. The molecule has 300 valence electrons. The Balaban J connectivity index is 1.49. The molecule has 0 saturated carbocycles. The highest BCUT2D eigenvalue weighted by atomic mass is 19.1. The largest absolute Gasteiger partial charge is 0.480 e. The second kappa shape index (κ2) is 18.8. The Labute approximate surface area is 317 Å². The minimum atomic E-state index is -1.58. The zero-order chi connectivity index (χ0) is 41.3. The molecule has 0 unspecified atom stereocenters. The van der Waals surface area contributed by atoms with Crippen LogP contribution in [-0.2, 0) is 36.8 Å². The normalized spacial score (nSPS) is 18.4. The number of rotatable bonds is 15. The Kier molecular flexibility index (Phi) is 14.2. The summed E-state index contributed by atoms with van der Waals surface area (Å²) in [6, 6.07) is 4.05. The van der Waals surface area contributed by atoms with Gasteiger partial charge in [-0.05, 0) is 43.5 Å². The van der Waals surface area contributed by atoms with Crippen molar-refractivity contribution in [2.24, 2.45) is 5.73 Å². The summed E-state index contributed by atoms with van der Waals surface area (Å²) in [5, 5.41) is 29.5. The summed E-state index contributed by atoms with van der Waals surface area (Å²) in [4.78, 5) is 92.0. The number of ether oxygens (including phenoxy) is 1. The van der Waals surface area contributed by atoms with Gasteiger partial charge in [0.15, 0.2) is 0 Å². The van der Waals surface area contributed by atoms with Gasteiger partial charge in [-0.15, -0.1) is 0 Å². The molecule has 9 N–H and O–H groups in total. The molecule has 0 bridgehead atoms. The van der Waals surface area contributed by atoms with Crippen molar-refractivity contribution in [3.05, 3.63) is 116 Å². The van der Waals surface area contributed by atoms with Gasteiger partial charge in [-0.3, -0.25) is 28.7 Å². The maximum absolute atomic E-state index is 14.3. The van der Waals surface area contributed by atoms with Gasteiger partial charge in [0.25, 0.3) is 5.56 Å². The third-order valence-electron chi connectivity index (χ3n) is 8.97. The minimum Gasteiger partial charge on any atom is -0.480 e. The lowest BCUT2D eigenvalue weighted by molar-refractivity contribution is -0.139. The third kappa shape index (κ3) is 10.8. The quantitative estimate of drug-likeness (QED) is 0.0959. The van der Waals surface area contributed by atoms with E-state index in [1.807, 2.05) is 4.98 Å². The Hall–Kier alpha value is -6.41. The van der Waals surface area contributed by atoms with E-state index in [9.17, 15) is 52.6 Å². The molecule has 20 heteroatoms. The SMILES string of the molecule is C[C@H](NC(=O)N[C@@H](Cc1ccccc1F)C(=O)O)C(=O)N[C@H](C(=O)N/C=C1/C[C@@H](O)[C@H](n2ccc(=O)[nH]c2=O)O1)[C@H](C)N(C)C(=O)[C@@H](N)Cc1ccccc1F. The number of likely N-dealkylation sites (N-methyl/N-ethyl adjacent to an activating group) is 1. The summed E-state index contributed by atoms with van der Waals surface area (Å²) in [5.74, 6) is -5.33. The van der Waals surface area contributed by atoms with Crippen LogP contribution in [0.25, 0.3) is 0 Å². The van der Waals surface area contributed by atoms with Gasteiger partial charge >= 0.3 is 17.7 Å². The highest BCUT2D eigenvalue weighted by molar-refractivity contribution is 5.93. The number of urea groups is 1. The van der Waals surface area contributed by atoms with Gasteiger partial charge in [-0.25, -0.2) is 23.2 Å². The number of hydrogen-bond donors (Lipinski definition) is 8. The summed E-state index contributed by atoms with van der Waals surface area (Å²) in [7, 11) is 1.30. The number of aromatic nitrogens is 2. The van der Waals surface area contributed by atoms with Crippen molar-refractivity contribution in [3.63, 3.8) is 0 Å². The van der Waals surface area contributed by atoms with Crippen LogP contribution in [0.2, 0.25) is 0 Å². The number of amides is 5. The number of carboxylic acid groups (broad SMARTS) is 1. The number of nitrogens with two attached hydrogens (primary N) is 1. The van der Waals surface area contributed by atoms with Crippen molar-refractivity contribution >= 4 is 29.7 Å². The number of aliphatic hydroxyl groups excluding tert-OH is 1. The smallest absolute Gasteiger partial charge is 0.331 e. The lowest BCUT2D eigenvalue weighted by Gasteiger charge is -2.33. The average molecular weight is 785 g/mol. The molecule has 1 aromatic heterocycles. The van der Waals surface area contributed by atoms with Crippen LogP contribution in [0.4, 0.5) is 13.6 Å². The second-order valence-electron chi connectivity index (χ2n) is 13.0. The van der Waals surface area contributed by atoms with Crippen molar-refractivity contribution in [2.45, 2.75) is 75.7 Å². The van der Waals surface area contributed by atoms with Gasteiger partial charge in [0, 0.05) is 38.4 Å². The molecule has 4 rings (SSSR count). The van der Waals surface area contributed by atoms with E-state index in [2.05, 4.69) is 21.3 Å². The first kappa shape index (κ1) is 42.3. The summed E-state index contributed by atoms with van der Waals surface area (Å²) < 4.78 is 35.0.